The standard InChI is InChI=1S/C17H23NO3/c1-20-17(19)14-6-4-13(5-7-14)16-10-15(8-9-18-16)21-11-12-2-3-12/h4-7,12,15-16,18H,2-3,8-11H2,1H3/t15-,16-/m0/s1. The molecule has 0 unspecified atom stereocenters. The third-order valence-electron chi connectivity index (χ3n) is 4.35. The van der Waals surface area contributed by atoms with Crippen molar-refractivity contribution < 1.29 is 14.3 Å². The lowest BCUT2D eigenvalue weighted by molar-refractivity contribution is 0.0159. The summed E-state index contributed by atoms with van der Waals surface area (Å²) in [7, 11) is 1.40. The second-order valence-corrected chi connectivity index (χ2v) is 6.04. The lowest BCUT2D eigenvalue weighted by Crippen LogP contribution is -2.36. The third kappa shape index (κ3) is 3.83. The average Bonchev–Trinajstić information content (AvgIpc) is 3.37. The molecule has 1 aromatic carbocycles. The van der Waals surface area contributed by atoms with E-state index in [-0.39, 0.29) is 5.97 Å². The number of piperidine rings is 1. The summed E-state index contributed by atoms with van der Waals surface area (Å²) >= 11 is 0. The van der Waals surface area contributed by atoms with Crippen LogP contribution in [0.25, 0.3) is 0 Å². The number of benzene rings is 1. The fourth-order valence-corrected chi connectivity index (χ4v) is 2.81. The molecule has 3 rings (SSSR count). The predicted octanol–water partition coefficient (Wildman–Crippen LogP) is 2.69. The molecule has 1 saturated carbocycles. The van der Waals surface area contributed by atoms with Crippen molar-refractivity contribution in [2.75, 3.05) is 20.3 Å². The fraction of sp³-hybridized carbons (Fsp3) is 0.588. The van der Waals surface area contributed by atoms with Crippen LogP contribution >= 0.6 is 0 Å². The van der Waals surface area contributed by atoms with E-state index in [2.05, 4.69) is 5.32 Å². The van der Waals surface area contributed by atoms with Crippen LogP contribution in [0.3, 0.4) is 0 Å². The number of hydrogen-bond donors (Lipinski definition) is 1. The Morgan fingerprint density at radius 2 is 2.00 bits per heavy atom. The molecule has 2 atom stereocenters. The molecule has 1 N–H and O–H groups in total. The Hall–Kier alpha value is -1.39. The van der Waals surface area contributed by atoms with E-state index in [9.17, 15) is 4.79 Å². The van der Waals surface area contributed by atoms with E-state index >= 15 is 0 Å². The number of ether oxygens (including phenoxy) is 2. The normalized spacial score (nSPS) is 25.6. The first kappa shape index (κ1) is 14.5. The molecule has 1 aliphatic carbocycles. The Labute approximate surface area is 125 Å². The van der Waals surface area contributed by atoms with Gasteiger partial charge in [-0.05, 0) is 55.8 Å². The SMILES string of the molecule is COC(=O)c1ccc([C@@H]2C[C@@H](OCC3CC3)CCN2)cc1. The average molecular weight is 289 g/mol. The molecule has 0 radical (unpaired) electrons. The Kier molecular flexibility index (Phi) is 4.56. The first-order chi connectivity index (χ1) is 10.3. The predicted molar refractivity (Wildman–Crippen MR) is 80.2 cm³/mol. The maximum absolute atomic E-state index is 11.5. The highest BCUT2D eigenvalue weighted by Gasteiger charge is 2.27. The van der Waals surface area contributed by atoms with Gasteiger partial charge in [0.05, 0.1) is 18.8 Å². The summed E-state index contributed by atoms with van der Waals surface area (Å²) in [5.74, 6) is 0.529. The van der Waals surface area contributed by atoms with E-state index in [1.165, 1.54) is 25.5 Å². The molecule has 0 spiro atoms. The maximum Gasteiger partial charge on any atom is 0.337 e. The molecule has 21 heavy (non-hydrogen) atoms. The number of methoxy groups -OCH3 is 1. The summed E-state index contributed by atoms with van der Waals surface area (Å²) in [4.78, 5) is 11.5. The van der Waals surface area contributed by atoms with Crippen molar-refractivity contribution in [2.24, 2.45) is 5.92 Å². The van der Waals surface area contributed by atoms with Gasteiger partial charge in [0, 0.05) is 12.6 Å². The van der Waals surface area contributed by atoms with Gasteiger partial charge in [-0.25, -0.2) is 4.79 Å². The van der Waals surface area contributed by atoms with E-state index in [1.807, 2.05) is 24.3 Å². The van der Waals surface area contributed by atoms with Crippen molar-refractivity contribution in [1.82, 2.24) is 5.32 Å². The summed E-state index contributed by atoms with van der Waals surface area (Å²) in [6, 6.07) is 7.99. The fourth-order valence-electron chi connectivity index (χ4n) is 2.81. The van der Waals surface area contributed by atoms with Crippen molar-refractivity contribution in [3.05, 3.63) is 35.4 Å². The number of nitrogens with one attached hydrogen (secondary N) is 1. The van der Waals surface area contributed by atoms with Gasteiger partial charge in [0.1, 0.15) is 0 Å². The van der Waals surface area contributed by atoms with Crippen LogP contribution in [0.15, 0.2) is 24.3 Å². The van der Waals surface area contributed by atoms with Gasteiger partial charge < -0.3 is 14.8 Å². The van der Waals surface area contributed by atoms with E-state index in [1.54, 1.807) is 0 Å². The highest BCUT2D eigenvalue weighted by Crippen LogP contribution is 2.31. The minimum atomic E-state index is -0.288. The topological polar surface area (TPSA) is 47.6 Å². The van der Waals surface area contributed by atoms with E-state index < -0.39 is 0 Å². The molecule has 4 heteroatoms. The number of carbonyl (C=O) groups excluding carboxylic acids is 1. The zero-order valence-corrected chi connectivity index (χ0v) is 12.5. The first-order valence-electron chi connectivity index (χ1n) is 7.79. The van der Waals surface area contributed by atoms with Gasteiger partial charge in [0.25, 0.3) is 0 Å². The quantitative estimate of drug-likeness (QED) is 0.847. The molecule has 1 aliphatic heterocycles. The van der Waals surface area contributed by atoms with Crippen molar-refractivity contribution in [3.8, 4) is 0 Å². The van der Waals surface area contributed by atoms with Crippen LogP contribution in [0.1, 0.15) is 47.6 Å². The third-order valence-corrected chi connectivity index (χ3v) is 4.35. The van der Waals surface area contributed by atoms with Crippen LogP contribution < -0.4 is 5.32 Å². The summed E-state index contributed by atoms with van der Waals surface area (Å²) in [5.41, 5.74) is 1.81. The summed E-state index contributed by atoms with van der Waals surface area (Å²) in [6.45, 7) is 1.91. The molecule has 0 aromatic heterocycles. The lowest BCUT2D eigenvalue weighted by atomic mass is 9.95. The number of hydrogen-bond acceptors (Lipinski definition) is 4. The molecule has 0 bridgehead atoms. The van der Waals surface area contributed by atoms with Crippen molar-refractivity contribution in [3.63, 3.8) is 0 Å². The van der Waals surface area contributed by atoms with Crippen LogP contribution in [0, 0.1) is 5.92 Å². The largest absolute Gasteiger partial charge is 0.465 e. The summed E-state index contributed by atoms with van der Waals surface area (Å²) < 4.78 is 10.7. The minimum Gasteiger partial charge on any atom is -0.465 e. The lowest BCUT2D eigenvalue weighted by Gasteiger charge is -2.30. The second kappa shape index (κ2) is 6.58. The minimum absolute atomic E-state index is 0.288. The molecular formula is C17H23NO3. The van der Waals surface area contributed by atoms with Crippen molar-refractivity contribution >= 4 is 5.97 Å². The van der Waals surface area contributed by atoms with E-state index in [0.29, 0.717) is 17.7 Å². The Bertz CT molecular complexity index is 481. The van der Waals surface area contributed by atoms with Crippen LogP contribution in [-0.2, 0) is 9.47 Å². The summed E-state index contributed by atoms with van der Waals surface area (Å²) in [5, 5.41) is 3.54. The first-order valence-corrected chi connectivity index (χ1v) is 7.79. The van der Waals surface area contributed by atoms with Crippen molar-refractivity contribution in [1.29, 1.82) is 0 Å². The molecule has 4 nitrogen and oxygen atoms in total. The second-order valence-electron chi connectivity index (χ2n) is 6.04. The van der Waals surface area contributed by atoms with Gasteiger partial charge in [-0.2, -0.15) is 0 Å². The van der Waals surface area contributed by atoms with Gasteiger partial charge in [-0.15, -0.1) is 0 Å². The van der Waals surface area contributed by atoms with Gasteiger partial charge in [0.15, 0.2) is 0 Å². The molecule has 1 aromatic rings. The molecule has 2 fully saturated rings. The van der Waals surface area contributed by atoms with Gasteiger partial charge in [-0.3, -0.25) is 0 Å². The van der Waals surface area contributed by atoms with Gasteiger partial charge >= 0.3 is 5.97 Å². The van der Waals surface area contributed by atoms with E-state index in [4.69, 9.17) is 9.47 Å². The Balaban J connectivity index is 1.58. The van der Waals surface area contributed by atoms with Gasteiger partial charge in [-0.1, -0.05) is 12.1 Å². The van der Waals surface area contributed by atoms with Crippen LogP contribution in [0.5, 0.6) is 0 Å². The van der Waals surface area contributed by atoms with Crippen molar-refractivity contribution in [2.45, 2.75) is 37.8 Å². The molecule has 114 valence electrons. The Morgan fingerprint density at radius 3 is 2.67 bits per heavy atom. The molecular weight excluding hydrogens is 266 g/mol. The number of esters is 1. The van der Waals surface area contributed by atoms with Crippen LogP contribution in [0.4, 0.5) is 0 Å². The van der Waals surface area contributed by atoms with Gasteiger partial charge in [0.2, 0.25) is 0 Å². The zero-order chi connectivity index (χ0) is 14.7. The summed E-state index contributed by atoms with van der Waals surface area (Å²) in [6.07, 6.45) is 5.12. The number of carbonyl (C=O) groups is 1. The maximum atomic E-state index is 11.5. The molecule has 1 heterocycles. The molecule has 2 aliphatic rings. The zero-order valence-electron chi connectivity index (χ0n) is 12.5. The van der Waals surface area contributed by atoms with E-state index in [0.717, 1.165) is 31.9 Å². The monoisotopic (exact) mass is 289 g/mol. The number of rotatable bonds is 5. The Morgan fingerprint density at radius 1 is 1.24 bits per heavy atom. The highest BCUT2D eigenvalue weighted by molar-refractivity contribution is 5.89. The smallest absolute Gasteiger partial charge is 0.337 e. The highest BCUT2D eigenvalue weighted by atomic mass is 16.5. The molecule has 0 amide bonds. The van der Waals surface area contributed by atoms with Crippen LogP contribution in [0.2, 0.25) is 0 Å². The molecule has 1 saturated heterocycles. The van der Waals surface area contributed by atoms with Crippen LogP contribution in [-0.4, -0.2) is 32.3 Å².